The van der Waals surface area contributed by atoms with Gasteiger partial charge in [0.25, 0.3) is 0 Å². The largest absolute Gasteiger partial charge is 0.481 e. The normalized spacial score (nSPS) is 15.5. The fourth-order valence-electron chi connectivity index (χ4n) is 1.90. The van der Waals surface area contributed by atoms with Crippen LogP contribution in [0.1, 0.15) is 45.4 Å². The minimum Gasteiger partial charge on any atom is -0.481 e. The molecule has 26 heavy (non-hydrogen) atoms. The van der Waals surface area contributed by atoms with Gasteiger partial charge in [0.15, 0.2) is 0 Å². The summed E-state index contributed by atoms with van der Waals surface area (Å²) in [5.41, 5.74) is 0. The van der Waals surface area contributed by atoms with Crippen molar-refractivity contribution in [3.63, 3.8) is 0 Å². The lowest BCUT2D eigenvalue weighted by atomic mass is 10.1. The van der Waals surface area contributed by atoms with Crippen LogP contribution in [0.25, 0.3) is 0 Å². The molecule has 0 bridgehead atoms. The molecule has 3 N–H and O–H groups in total. The molecule has 0 aliphatic carbocycles. The molecule has 4 nitrogen and oxygen atoms in total. The van der Waals surface area contributed by atoms with E-state index in [9.17, 15) is 15.0 Å². The number of carboxylic acids is 1. The third kappa shape index (κ3) is 16.7. The van der Waals surface area contributed by atoms with Crippen LogP contribution in [0.4, 0.5) is 0 Å². The molecule has 1 unspecified atom stereocenters. The zero-order chi connectivity index (χ0) is 19.5. The van der Waals surface area contributed by atoms with Gasteiger partial charge in [0.05, 0.1) is 12.2 Å². The Morgan fingerprint density at radius 1 is 0.846 bits per heavy atom. The Kier molecular flexibility index (Phi) is 16.2. The van der Waals surface area contributed by atoms with E-state index >= 15 is 0 Å². The Bertz CT molecular complexity index is 524. The maximum Gasteiger partial charge on any atom is 0.303 e. The van der Waals surface area contributed by atoms with Crippen LogP contribution in [-0.4, -0.2) is 33.5 Å². The minimum atomic E-state index is -0.864. The van der Waals surface area contributed by atoms with Gasteiger partial charge >= 0.3 is 5.97 Å². The first-order chi connectivity index (χ1) is 12.6. The quantitative estimate of drug-likeness (QED) is 0.315. The molecular weight excluding hydrogens is 328 g/mol. The third-order valence-electron chi connectivity index (χ3n) is 3.35. The minimum absolute atomic E-state index is 0.176. The summed E-state index contributed by atoms with van der Waals surface area (Å²) in [4.78, 5) is 10.3. The van der Waals surface area contributed by atoms with Crippen LogP contribution in [0, 0.1) is 0 Å². The molecule has 0 aliphatic rings. The molecule has 0 spiro atoms. The molecule has 0 heterocycles. The van der Waals surface area contributed by atoms with Crippen molar-refractivity contribution < 1.29 is 20.1 Å². The molecule has 0 aromatic carbocycles. The number of hydrogen-bond donors (Lipinski definition) is 3. The molecule has 0 fully saturated rings. The standard InChI is InChI=1S/C22H32O4/c1-2-3-14-17-20(23)21(24)18-15-12-10-8-6-4-5-7-9-11-13-16-19-22(25)26/h3,5-8,10-15,18,20-21,23-24H,2,4,9,16-17,19H2,1H3,(H,25,26)/b7-5-,8-6-,12-10+,13-11-,14-3-,18-15+/t20-,21?/m1/s1. The lowest BCUT2D eigenvalue weighted by Gasteiger charge is -2.11. The van der Waals surface area contributed by atoms with Gasteiger partial charge in [-0.05, 0) is 32.1 Å². The number of rotatable bonds is 14. The predicted octanol–water partition coefficient (Wildman–Crippen LogP) is 4.49. The molecular formula is C22H32O4. The highest BCUT2D eigenvalue weighted by molar-refractivity contribution is 5.66. The molecule has 0 aromatic rings. The average Bonchev–Trinajstić information content (AvgIpc) is 2.61. The van der Waals surface area contributed by atoms with Crippen molar-refractivity contribution >= 4 is 5.97 Å². The summed E-state index contributed by atoms with van der Waals surface area (Å²) in [7, 11) is 0. The number of aliphatic carboxylic acids is 1. The summed E-state index contributed by atoms with van der Waals surface area (Å²) in [6.07, 6.45) is 24.8. The Labute approximate surface area is 157 Å². The molecule has 0 amide bonds. The number of hydrogen-bond acceptors (Lipinski definition) is 3. The van der Waals surface area contributed by atoms with E-state index in [1.165, 1.54) is 0 Å². The molecule has 0 aliphatic heterocycles. The van der Waals surface area contributed by atoms with Crippen molar-refractivity contribution in [2.75, 3.05) is 0 Å². The van der Waals surface area contributed by atoms with Gasteiger partial charge in [-0.1, -0.05) is 79.8 Å². The summed E-state index contributed by atoms with van der Waals surface area (Å²) >= 11 is 0. The molecule has 144 valence electrons. The highest BCUT2D eigenvalue weighted by atomic mass is 16.4. The monoisotopic (exact) mass is 360 g/mol. The van der Waals surface area contributed by atoms with E-state index < -0.39 is 18.2 Å². The van der Waals surface area contributed by atoms with Crippen molar-refractivity contribution in [2.24, 2.45) is 0 Å². The van der Waals surface area contributed by atoms with Gasteiger partial charge in [0, 0.05) is 6.42 Å². The van der Waals surface area contributed by atoms with Gasteiger partial charge in [-0.25, -0.2) is 0 Å². The predicted molar refractivity (Wildman–Crippen MR) is 108 cm³/mol. The number of carbonyl (C=O) groups is 1. The van der Waals surface area contributed by atoms with Crippen molar-refractivity contribution in [1.82, 2.24) is 0 Å². The van der Waals surface area contributed by atoms with E-state index in [-0.39, 0.29) is 6.42 Å². The Morgan fingerprint density at radius 2 is 1.50 bits per heavy atom. The summed E-state index contributed by atoms with van der Waals surface area (Å²) in [5, 5.41) is 28.0. The second-order valence-electron chi connectivity index (χ2n) is 5.72. The first kappa shape index (κ1) is 23.8. The summed E-state index contributed by atoms with van der Waals surface area (Å²) in [6.45, 7) is 2.02. The maximum absolute atomic E-state index is 10.3. The van der Waals surface area contributed by atoms with E-state index in [4.69, 9.17) is 5.11 Å². The molecule has 0 aromatic heterocycles. The van der Waals surface area contributed by atoms with Gasteiger partial charge in [0.2, 0.25) is 0 Å². The zero-order valence-electron chi connectivity index (χ0n) is 15.6. The van der Waals surface area contributed by atoms with Crippen molar-refractivity contribution in [2.45, 2.75) is 57.7 Å². The first-order valence-electron chi connectivity index (χ1n) is 9.10. The molecule has 0 saturated heterocycles. The number of aliphatic hydroxyl groups is 2. The summed E-state index contributed by atoms with van der Waals surface area (Å²) < 4.78 is 0. The second kappa shape index (κ2) is 17.6. The number of aliphatic hydroxyl groups excluding tert-OH is 2. The Morgan fingerprint density at radius 3 is 2.19 bits per heavy atom. The van der Waals surface area contributed by atoms with Crippen LogP contribution in [-0.2, 0) is 4.79 Å². The van der Waals surface area contributed by atoms with Crippen LogP contribution in [0.15, 0.2) is 72.9 Å². The topological polar surface area (TPSA) is 77.8 Å². The van der Waals surface area contributed by atoms with Gasteiger partial charge < -0.3 is 15.3 Å². The lowest BCUT2D eigenvalue weighted by molar-refractivity contribution is -0.136. The van der Waals surface area contributed by atoms with E-state index in [0.29, 0.717) is 12.8 Å². The van der Waals surface area contributed by atoms with Gasteiger partial charge in [0.1, 0.15) is 0 Å². The van der Waals surface area contributed by atoms with Crippen LogP contribution >= 0.6 is 0 Å². The maximum atomic E-state index is 10.3. The van der Waals surface area contributed by atoms with E-state index in [1.54, 1.807) is 12.2 Å². The second-order valence-corrected chi connectivity index (χ2v) is 5.72. The van der Waals surface area contributed by atoms with Crippen LogP contribution in [0.5, 0.6) is 0 Å². The zero-order valence-corrected chi connectivity index (χ0v) is 15.6. The highest BCUT2D eigenvalue weighted by Crippen LogP contribution is 2.02. The fraction of sp³-hybridized carbons (Fsp3) is 0.409. The smallest absolute Gasteiger partial charge is 0.303 e. The van der Waals surface area contributed by atoms with E-state index in [1.807, 2.05) is 67.7 Å². The SMILES string of the molecule is CC/C=C\C[C@@H](O)C(O)/C=C/C=C/C=C\C/C=C\C/C=C\CCC(=O)O. The van der Waals surface area contributed by atoms with Crippen molar-refractivity contribution in [3.8, 4) is 0 Å². The van der Waals surface area contributed by atoms with Gasteiger partial charge in [-0.15, -0.1) is 0 Å². The highest BCUT2D eigenvalue weighted by Gasteiger charge is 2.10. The Hall–Kier alpha value is -2.17. The van der Waals surface area contributed by atoms with Crippen LogP contribution in [0.3, 0.4) is 0 Å². The van der Waals surface area contributed by atoms with Gasteiger partial charge in [-0.2, -0.15) is 0 Å². The van der Waals surface area contributed by atoms with Crippen molar-refractivity contribution in [3.05, 3.63) is 72.9 Å². The van der Waals surface area contributed by atoms with E-state index in [0.717, 1.165) is 19.3 Å². The molecule has 4 heteroatoms. The molecule has 2 atom stereocenters. The molecule has 0 rings (SSSR count). The first-order valence-corrected chi connectivity index (χ1v) is 9.10. The number of carboxylic acid groups (broad SMARTS) is 1. The van der Waals surface area contributed by atoms with E-state index in [2.05, 4.69) is 0 Å². The Balaban J connectivity index is 3.85. The number of allylic oxidation sites excluding steroid dienone is 10. The third-order valence-corrected chi connectivity index (χ3v) is 3.35. The summed E-state index contributed by atoms with van der Waals surface area (Å²) in [5.74, 6) is -0.770. The fourth-order valence-corrected chi connectivity index (χ4v) is 1.90. The van der Waals surface area contributed by atoms with Crippen LogP contribution < -0.4 is 0 Å². The lowest BCUT2D eigenvalue weighted by Crippen LogP contribution is -2.22. The average molecular weight is 360 g/mol. The molecule has 0 saturated carbocycles. The van der Waals surface area contributed by atoms with Gasteiger partial charge in [-0.3, -0.25) is 4.79 Å². The molecule has 0 radical (unpaired) electrons. The van der Waals surface area contributed by atoms with Crippen LogP contribution in [0.2, 0.25) is 0 Å². The van der Waals surface area contributed by atoms with Crippen molar-refractivity contribution in [1.29, 1.82) is 0 Å². The summed E-state index contributed by atoms with van der Waals surface area (Å²) in [6, 6.07) is 0.